The lowest BCUT2D eigenvalue weighted by molar-refractivity contribution is -0.117. The van der Waals surface area contributed by atoms with Gasteiger partial charge in [-0.2, -0.15) is 0 Å². The molecule has 0 spiro atoms. The van der Waals surface area contributed by atoms with Crippen LogP contribution in [-0.2, 0) is 4.79 Å². The summed E-state index contributed by atoms with van der Waals surface area (Å²) in [5.74, 6) is -0.992. The minimum absolute atomic E-state index is 0.179. The summed E-state index contributed by atoms with van der Waals surface area (Å²) in [5.41, 5.74) is 6.37. The lowest BCUT2D eigenvalue weighted by atomic mass is 9.97. The average Bonchev–Trinajstić information content (AvgIpc) is 2.53. The molecule has 0 aromatic heterocycles. The Morgan fingerprint density at radius 1 is 1.53 bits per heavy atom. The van der Waals surface area contributed by atoms with E-state index >= 15 is 0 Å². The molecule has 5 heteroatoms. The van der Waals surface area contributed by atoms with Crippen molar-refractivity contribution in [2.45, 2.75) is 12.3 Å². The molecule has 0 fully saturated rings. The van der Waals surface area contributed by atoms with Gasteiger partial charge >= 0.3 is 0 Å². The van der Waals surface area contributed by atoms with Crippen LogP contribution in [-0.4, -0.2) is 12.5 Å². The maximum Gasteiger partial charge on any atom is 0.232 e. The van der Waals surface area contributed by atoms with E-state index in [9.17, 15) is 9.18 Å². The van der Waals surface area contributed by atoms with Crippen LogP contribution in [0.2, 0.25) is 0 Å². The molecule has 1 aliphatic rings. The predicted molar refractivity (Wildman–Crippen MR) is 59.1 cm³/mol. The molecule has 1 aliphatic heterocycles. The fourth-order valence-corrected chi connectivity index (χ4v) is 2.26. The van der Waals surface area contributed by atoms with Crippen LogP contribution in [0.4, 0.5) is 10.1 Å². The maximum absolute atomic E-state index is 13.6. The summed E-state index contributed by atoms with van der Waals surface area (Å²) in [4.78, 5) is 11.6. The first kappa shape index (κ1) is 10.6. The molecule has 3 nitrogen and oxygen atoms in total. The molecule has 1 atom stereocenters. The Hall–Kier alpha value is -0.940. The number of fused-ring (bicyclic) bond motifs is 1. The van der Waals surface area contributed by atoms with Crippen molar-refractivity contribution in [3.05, 3.63) is 28.0 Å². The summed E-state index contributed by atoms with van der Waals surface area (Å²) < 4.78 is 14.3. The summed E-state index contributed by atoms with van der Waals surface area (Å²) in [5, 5.41) is 2.66. The van der Waals surface area contributed by atoms with Gasteiger partial charge in [-0.3, -0.25) is 4.79 Å². The second-order valence-corrected chi connectivity index (χ2v) is 4.29. The van der Waals surface area contributed by atoms with Gasteiger partial charge in [0.25, 0.3) is 0 Å². The van der Waals surface area contributed by atoms with E-state index in [0.717, 1.165) is 0 Å². The molecule has 0 saturated heterocycles. The standard InChI is InChI=1S/C10H10BrFN2O/c11-6-1-2-7(12)8-5(3-4-13)10(15)14-9(6)8/h1-2,5H,3-4,13H2,(H,14,15). The molecule has 1 unspecified atom stereocenters. The van der Waals surface area contributed by atoms with Crippen molar-refractivity contribution >= 4 is 27.5 Å². The molecular formula is C10H10BrFN2O. The summed E-state index contributed by atoms with van der Waals surface area (Å²) in [6.45, 7) is 0.365. The van der Waals surface area contributed by atoms with Gasteiger partial charge in [0.2, 0.25) is 5.91 Å². The summed E-state index contributed by atoms with van der Waals surface area (Å²) >= 11 is 3.27. The van der Waals surface area contributed by atoms with E-state index in [1.54, 1.807) is 6.07 Å². The van der Waals surface area contributed by atoms with Crippen LogP contribution in [0.3, 0.4) is 0 Å². The third kappa shape index (κ3) is 1.66. The highest BCUT2D eigenvalue weighted by Crippen LogP contribution is 2.40. The molecule has 80 valence electrons. The monoisotopic (exact) mass is 272 g/mol. The minimum Gasteiger partial charge on any atom is -0.330 e. The zero-order valence-electron chi connectivity index (χ0n) is 7.89. The highest BCUT2D eigenvalue weighted by molar-refractivity contribution is 9.10. The Morgan fingerprint density at radius 3 is 2.93 bits per heavy atom. The van der Waals surface area contributed by atoms with Gasteiger partial charge in [0.1, 0.15) is 5.82 Å². The SMILES string of the molecule is NCCC1C(=O)Nc2c(Br)ccc(F)c21. The van der Waals surface area contributed by atoms with Crippen LogP contribution >= 0.6 is 15.9 Å². The third-order valence-electron chi connectivity index (χ3n) is 2.51. The van der Waals surface area contributed by atoms with E-state index in [4.69, 9.17) is 5.73 Å². The van der Waals surface area contributed by atoms with Gasteiger partial charge in [0, 0.05) is 10.0 Å². The molecule has 1 heterocycles. The molecule has 0 aliphatic carbocycles. The van der Waals surface area contributed by atoms with Gasteiger partial charge in [-0.05, 0) is 41.0 Å². The van der Waals surface area contributed by atoms with Gasteiger partial charge in [-0.15, -0.1) is 0 Å². The molecule has 15 heavy (non-hydrogen) atoms. The quantitative estimate of drug-likeness (QED) is 0.865. The Morgan fingerprint density at radius 2 is 2.27 bits per heavy atom. The summed E-state index contributed by atoms with van der Waals surface area (Å²) in [6, 6.07) is 2.94. The number of anilines is 1. The largest absolute Gasteiger partial charge is 0.330 e. The first-order valence-corrected chi connectivity index (χ1v) is 5.43. The van der Waals surface area contributed by atoms with Gasteiger partial charge in [0.15, 0.2) is 0 Å². The first-order valence-electron chi connectivity index (χ1n) is 4.64. The number of hydrogen-bond donors (Lipinski definition) is 2. The number of benzene rings is 1. The van der Waals surface area contributed by atoms with Crippen LogP contribution < -0.4 is 11.1 Å². The minimum atomic E-state index is -0.456. The van der Waals surface area contributed by atoms with Crippen molar-refractivity contribution in [3.63, 3.8) is 0 Å². The Labute approximate surface area is 95.0 Å². The molecule has 0 radical (unpaired) electrons. The third-order valence-corrected chi connectivity index (χ3v) is 3.17. The molecule has 2 rings (SSSR count). The number of rotatable bonds is 2. The Kier molecular flexibility index (Phi) is 2.75. The molecular weight excluding hydrogens is 263 g/mol. The van der Waals surface area contributed by atoms with Crippen molar-refractivity contribution in [2.24, 2.45) is 5.73 Å². The Bertz CT molecular complexity index is 422. The maximum atomic E-state index is 13.6. The molecule has 3 N–H and O–H groups in total. The normalized spacial score (nSPS) is 18.9. The van der Waals surface area contributed by atoms with E-state index in [-0.39, 0.29) is 11.7 Å². The number of nitrogens with one attached hydrogen (secondary N) is 1. The second kappa shape index (κ2) is 3.90. The van der Waals surface area contributed by atoms with Gasteiger partial charge < -0.3 is 11.1 Å². The summed E-state index contributed by atoms with van der Waals surface area (Å²) in [7, 11) is 0. The van der Waals surface area contributed by atoms with Crippen LogP contribution in [0.15, 0.2) is 16.6 Å². The van der Waals surface area contributed by atoms with Crippen molar-refractivity contribution in [2.75, 3.05) is 11.9 Å². The molecule has 0 bridgehead atoms. The van der Waals surface area contributed by atoms with Crippen LogP contribution in [0, 0.1) is 5.82 Å². The number of carbonyl (C=O) groups excluding carboxylic acids is 1. The van der Waals surface area contributed by atoms with Crippen LogP contribution in [0.25, 0.3) is 0 Å². The van der Waals surface area contributed by atoms with Crippen LogP contribution in [0.1, 0.15) is 17.9 Å². The highest BCUT2D eigenvalue weighted by atomic mass is 79.9. The predicted octanol–water partition coefficient (Wildman–Crippen LogP) is 1.97. The Balaban J connectivity index is 2.52. The smallest absolute Gasteiger partial charge is 0.232 e. The lowest BCUT2D eigenvalue weighted by Gasteiger charge is -2.07. The average molecular weight is 273 g/mol. The fraction of sp³-hybridized carbons (Fsp3) is 0.300. The topological polar surface area (TPSA) is 55.1 Å². The van der Waals surface area contributed by atoms with Crippen molar-refractivity contribution < 1.29 is 9.18 Å². The number of halogens is 2. The van der Waals surface area contributed by atoms with E-state index < -0.39 is 5.92 Å². The van der Waals surface area contributed by atoms with E-state index in [0.29, 0.717) is 28.7 Å². The summed E-state index contributed by atoms with van der Waals surface area (Å²) in [6.07, 6.45) is 0.464. The molecule has 0 saturated carbocycles. The van der Waals surface area contributed by atoms with Gasteiger partial charge in [-0.1, -0.05) is 0 Å². The highest BCUT2D eigenvalue weighted by Gasteiger charge is 2.33. The second-order valence-electron chi connectivity index (χ2n) is 3.44. The number of hydrogen-bond acceptors (Lipinski definition) is 2. The lowest BCUT2D eigenvalue weighted by Crippen LogP contribution is -2.16. The molecule has 1 amide bonds. The molecule has 1 aromatic carbocycles. The zero-order chi connectivity index (χ0) is 11.0. The van der Waals surface area contributed by atoms with E-state index in [1.807, 2.05) is 0 Å². The van der Waals surface area contributed by atoms with Crippen molar-refractivity contribution in [1.29, 1.82) is 0 Å². The first-order chi connectivity index (χ1) is 7.15. The van der Waals surface area contributed by atoms with Crippen molar-refractivity contribution in [3.8, 4) is 0 Å². The van der Waals surface area contributed by atoms with E-state index in [2.05, 4.69) is 21.2 Å². The zero-order valence-corrected chi connectivity index (χ0v) is 9.47. The fourth-order valence-electron chi connectivity index (χ4n) is 1.82. The van der Waals surface area contributed by atoms with Gasteiger partial charge in [-0.25, -0.2) is 4.39 Å². The van der Waals surface area contributed by atoms with Gasteiger partial charge in [0.05, 0.1) is 11.6 Å². The number of amides is 1. The van der Waals surface area contributed by atoms with Crippen molar-refractivity contribution in [1.82, 2.24) is 0 Å². The number of carbonyl (C=O) groups is 1. The van der Waals surface area contributed by atoms with Crippen LogP contribution in [0.5, 0.6) is 0 Å². The van der Waals surface area contributed by atoms with E-state index in [1.165, 1.54) is 6.07 Å². The number of nitrogens with two attached hydrogens (primary N) is 1. The molecule has 1 aromatic rings.